The molecule has 0 aromatic heterocycles. The number of rotatable bonds is 4. The highest BCUT2D eigenvalue weighted by Gasteiger charge is 2.08. The zero-order chi connectivity index (χ0) is 12.1. The van der Waals surface area contributed by atoms with Gasteiger partial charge in [0.2, 0.25) is 0 Å². The Kier molecular flexibility index (Phi) is 4.57. The Balaban J connectivity index is 1.82. The Morgan fingerprint density at radius 3 is 2.35 bits per heavy atom. The van der Waals surface area contributed by atoms with Crippen LogP contribution >= 0.6 is 0 Å². The lowest BCUT2D eigenvalue weighted by Crippen LogP contribution is -2.44. The summed E-state index contributed by atoms with van der Waals surface area (Å²) in [6, 6.07) is 9.13. The zero-order valence-corrected chi connectivity index (χ0v) is 11.1. The Labute approximate surface area is 105 Å². The van der Waals surface area contributed by atoms with E-state index in [9.17, 15) is 0 Å². The molecule has 1 saturated heterocycles. The van der Waals surface area contributed by atoms with Crippen molar-refractivity contribution in [1.82, 2.24) is 10.2 Å². The molecule has 0 aliphatic carbocycles. The Morgan fingerprint density at radius 2 is 1.76 bits per heavy atom. The minimum Gasteiger partial charge on any atom is -0.314 e. The number of hydrogen-bond donors (Lipinski definition) is 1. The maximum absolute atomic E-state index is 3.39. The molecule has 17 heavy (non-hydrogen) atoms. The van der Waals surface area contributed by atoms with Gasteiger partial charge < -0.3 is 10.2 Å². The van der Waals surface area contributed by atoms with E-state index in [0.29, 0.717) is 5.92 Å². The number of nitrogens with zero attached hydrogens (tertiary/aromatic N) is 1. The molecular formula is C15H24N2. The second-order valence-corrected chi connectivity index (χ2v) is 5.24. The van der Waals surface area contributed by atoms with Gasteiger partial charge in [0.15, 0.2) is 0 Å². The van der Waals surface area contributed by atoms with Crippen molar-refractivity contribution in [2.45, 2.75) is 26.2 Å². The van der Waals surface area contributed by atoms with Crippen LogP contribution in [0.1, 0.15) is 30.9 Å². The molecule has 0 radical (unpaired) electrons. The molecule has 0 atom stereocenters. The lowest BCUT2D eigenvalue weighted by atomic mass is 10.0. The van der Waals surface area contributed by atoms with Crippen LogP contribution < -0.4 is 5.32 Å². The molecule has 1 heterocycles. The minimum atomic E-state index is 0.636. The first-order valence-electron chi connectivity index (χ1n) is 6.77. The maximum atomic E-state index is 3.39. The van der Waals surface area contributed by atoms with Gasteiger partial charge in [-0.15, -0.1) is 0 Å². The van der Waals surface area contributed by atoms with Crippen LogP contribution in [0.15, 0.2) is 24.3 Å². The average molecular weight is 232 g/mol. The second kappa shape index (κ2) is 6.18. The third-order valence-electron chi connectivity index (χ3n) is 3.57. The SMILES string of the molecule is CC(C)c1ccc(CCN2CCNCC2)cc1. The molecular weight excluding hydrogens is 208 g/mol. The summed E-state index contributed by atoms with van der Waals surface area (Å²) < 4.78 is 0. The molecule has 1 N–H and O–H groups in total. The van der Waals surface area contributed by atoms with E-state index in [2.05, 4.69) is 48.3 Å². The van der Waals surface area contributed by atoms with Gasteiger partial charge in [0.05, 0.1) is 0 Å². The molecule has 0 unspecified atom stereocenters. The number of hydrogen-bond acceptors (Lipinski definition) is 2. The molecule has 94 valence electrons. The molecule has 0 spiro atoms. The summed E-state index contributed by atoms with van der Waals surface area (Å²) in [6.45, 7) is 10.4. The van der Waals surface area contributed by atoms with Gasteiger partial charge in [-0.1, -0.05) is 38.1 Å². The van der Waals surface area contributed by atoms with Gasteiger partial charge in [0, 0.05) is 32.7 Å². The minimum absolute atomic E-state index is 0.636. The predicted molar refractivity (Wildman–Crippen MR) is 73.5 cm³/mol. The van der Waals surface area contributed by atoms with E-state index >= 15 is 0 Å². The monoisotopic (exact) mass is 232 g/mol. The van der Waals surface area contributed by atoms with Gasteiger partial charge in [-0.25, -0.2) is 0 Å². The van der Waals surface area contributed by atoms with Gasteiger partial charge in [-0.05, 0) is 23.5 Å². The Morgan fingerprint density at radius 1 is 1.12 bits per heavy atom. The van der Waals surface area contributed by atoms with Crippen molar-refractivity contribution in [1.29, 1.82) is 0 Å². The van der Waals surface area contributed by atoms with Gasteiger partial charge in [0.1, 0.15) is 0 Å². The van der Waals surface area contributed by atoms with Crippen molar-refractivity contribution in [3.8, 4) is 0 Å². The summed E-state index contributed by atoms with van der Waals surface area (Å²) in [6.07, 6.45) is 1.18. The third-order valence-corrected chi connectivity index (χ3v) is 3.57. The summed E-state index contributed by atoms with van der Waals surface area (Å²) in [5.74, 6) is 0.636. The van der Waals surface area contributed by atoms with E-state index in [1.807, 2.05) is 0 Å². The standard InChI is InChI=1S/C15H24N2/c1-13(2)15-5-3-14(4-6-15)7-10-17-11-8-16-9-12-17/h3-6,13,16H,7-12H2,1-2H3. The summed E-state index contributed by atoms with van der Waals surface area (Å²) in [4.78, 5) is 2.55. The van der Waals surface area contributed by atoms with Crippen molar-refractivity contribution in [2.75, 3.05) is 32.7 Å². The van der Waals surface area contributed by atoms with E-state index in [0.717, 1.165) is 13.1 Å². The average Bonchev–Trinajstić information content (AvgIpc) is 2.38. The van der Waals surface area contributed by atoms with Crippen molar-refractivity contribution >= 4 is 0 Å². The first kappa shape index (κ1) is 12.6. The molecule has 0 bridgehead atoms. The molecule has 2 rings (SSSR count). The van der Waals surface area contributed by atoms with Crippen LogP contribution in [0.5, 0.6) is 0 Å². The lowest BCUT2D eigenvalue weighted by molar-refractivity contribution is 0.244. The quantitative estimate of drug-likeness (QED) is 0.856. The third kappa shape index (κ3) is 3.83. The van der Waals surface area contributed by atoms with E-state index < -0.39 is 0 Å². The normalized spacial score (nSPS) is 17.6. The van der Waals surface area contributed by atoms with Gasteiger partial charge in [-0.2, -0.15) is 0 Å². The first-order chi connectivity index (χ1) is 8.25. The van der Waals surface area contributed by atoms with Gasteiger partial charge in [-0.3, -0.25) is 0 Å². The molecule has 1 aliphatic heterocycles. The number of benzene rings is 1. The number of nitrogens with one attached hydrogen (secondary N) is 1. The maximum Gasteiger partial charge on any atom is 0.0108 e. The highest BCUT2D eigenvalue weighted by molar-refractivity contribution is 5.24. The highest BCUT2D eigenvalue weighted by atomic mass is 15.2. The molecule has 1 fully saturated rings. The van der Waals surface area contributed by atoms with E-state index in [1.165, 1.54) is 37.2 Å². The fraction of sp³-hybridized carbons (Fsp3) is 0.600. The second-order valence-electron chi connectivity index (χ2n) is 5.24. The van der Waals surface area contributed by atoms with E-state index in [4.69, 9.17) is 0 Å². The topological polar surface area (TPSA) is 15.3 Å². The molecule has 1 aromatic rings. The lowest BCUT2D eigenvalue weighted by Gasteiger charge is -2.27. The molecule has 2 heteroatoms. The van der Waals surface area contributed by atoms with Crippen LogP contribution in [-0.2, 0) is 6.42 Å². The largest absolute Gasteiger partial charge is 0.314 e. The van der Waals surface area contributed by atoms with Gasteiger partial charge >= 0.3 is 0 Å². The van der Waals surface area contributed by atoms with Crippen LogP contribution in [0.25, 0.3) is 0 Å². The fourth-order valence-corrected chi connectivity index (χ4v) is 2.29. The summed E-state index contributed by atoms with van der Waals surface area (Å²) in [5, 5.41) is 3.39. The van der Waals surface area contributed by atoms with E-state index in [-0.39, 0.29) is 0 Å². The summed E-state index contributed by atoms with van der Waals surface area (Å²) >= 11 is 0. The molecule has 0 saturated carbocycles. The van der Waals surface area contributed by atoms with Crippen LogP contribution in [0.4, 0.5) is 0 Å². The van der Waals surface area contributed by atoms with E-state index in [1.54, 1.807) is 0 Å². The Bertz CT molecular complexity index is 323. The molecule has 1 aromatic carbocycles. The van der Waals surface area contributed by atoms with Crippen LogP contribution in [0, 0.1) is 0 Å². The smallest absolute Gasteiger partial charge is 0.0108 e. The summed E-state index contributed by atoms with van der Waals surface area (Å²) in [7, 11) is 0. The summed E-state index contributed by atoms with van der Waals surface area (Å²) in [5.41, 5.74) is 2.91. The van der Waals surface area contributed by atoms with Gasteiger partial charge in [0.25, 0.3) is 0 Å². The number of piperazine rings is 1. The molecule has 1 aliphatic rings. The van der Waals surface area contributed by atoms with Crippen LogP contribution in [0.2, 0.25) is 0 Å². The fourth-order valence-electron chi connectivity index (χ4n) is 2.29. The molecule has 0 amide bonds. The molecule has 2 nitrogen and oxygen atoms in total. The van der Waals surface area contributed by atoms with Crippen molar-refractivity contribution in [2.24, 2.45) is 0 Å². The highest BCUT2D eigenvalue weighted by Crippen LogP contribution is 2.15. The Hall–Kier alpha value is -0.860. The van der Waals surface area contributed by atoms with Crippen LogP contribution in [-0.4, -0.2) is 37.6 Å². The zero-order valence-electron chi connectivity index (χ0n) is 11.1. The van der Waals surface area contributed by atoms with Crippen molar-refractivity contribution < 1.29 is 0 Å². The first-order valence-corrected chi connectivity index (χ1v) is 6.77. The van der Waals surface area contributed by atoms with Crippen LogP contribution in [0.3, 0.4) is 0 Å². The predicted octanol–water partition coefficient (Wildman–Crippen LogP) is 2.26. The van der Waals surface area contributed by atoms with Crippen molar-refractivity contribution in [3.63, 3.8) is 0 Å². The van der Waals surface area contributed by atoms with Crippen molar-refractivity contribution in [3.05, 3.63) is 35.4 Å².